The number of Topliss-reactive ketones (excluding diaryl/α,β-unsaturated/α-hetero) is 1. The molecule has 0 aliphatic carbocycles. The van der Waals surface area contributed by atoms with Crippen molar-refractivity contribution in [2.45, 2.75) is 18.9 Å². The van der Waals surface area contributed by atoms with E-state index in [0.717, 1.165) is 12.1 Å². The lowest BCUT2D eigenvalue weighted by Crippen LogP contribution is -2.28. The molecule has 2 atom stereocenters. The van der Waals surface area contributed by atoms with Crippen LogP contribution in [-0.4, -0.2) is 48.6 Å². The van der Waals surface area contributed by atoms with Gasteiger partial charge in [0.2, 0.25) is 5.75 Å². The molecule has 10 heteroatoms. The Morgan fingerprint density at radius 3 is 2.18 bits per heavy atom. The molecule has 3 aromatic carbocycles. The Kier molecular flexibility index (Phi) is 5.66. The lowest BCUT2D eigenvalue weighted by molar-refractivity contribution is 0.0796. The molecule has 0 bridgehead atoms. The highest BCUT2D eigenvalue weighted by Crippen LogP contribution is 2.48. The van der Waals surface area contributed by atoms with Crippen LogP contribution in [-0.2, 0) is 6.42 Å². The molecule has 0 saturated carbocycles. The van der Waals surface area contributed by atoms with E-state index >= 15 is 0 Å². The number of hydrogen-bond acceptors (Lipinski definition) is 10. The third-order valence-corrected chi connectivity index (χ3v) is 5.78. The fourth-order valence-corrected chi connectivity index (χ4v) is 4.10. The normalized spacial score (nSPS) is 17.0. The number of phenolic OH excluding ortho intramolecular Hbond substituents is 7. The van der Waals surface area contributed by atoms with Crippen LogP contribution in [0.5, 0.6) is 51.7 Å². The van der Waals surface area contributed by atoms with E-state index in [4.69, 9.17) is 9.47 Å². The van der Waals surface area contributed by atoms with Crippen molar-refractivity contribution in [3.05, 3.63) is 53.1 Å². The first-order valence-corrected chi connectivity index (χ1v) is 10.2. The number of phenols is 7. The number of methoxy groups -OCH3 is 1. The van der Waals surface area contributed by atoms with Gasteiger partial charge in [0, 0.05) is 41.2 Å². The average Bonchev–Trinajstić information content (AvgIpc) is 2.78. The van der Waals surface area contributed by atoms with E-state index in [0.29, 0.717) is 5.56 Å². The molecule has 0 aromatic heterocycles. The van der Waals surface area contributed by atoms with Crippen molar-refractivity contribution in [2.75, 3.05) is 7.11 Å². The molecule has 1 aliphatic heterocycles. The summed E-state index contributed by atoms with van der Waals surface area (Å²) in [5.41, 5.74) is 0.651. The second-order valence-corrected chi connectivity index (χ2v) is 8.03. The Morgan fingerprint density at radius 1 is 0.882 bits per heavy atom. The molecule has 0 unspecified atom stereocenters. The number of carbonyl (C=O) groups is 1. The van der Waals surface area contributed by atoms with Gasteiger partial charge >= 0.3 is 0 Å². The maximum absolute atomic E-state index is 13.1. The topological polar surface area (TPSA) is 177 Å². The predicted molar refractivity (Wildman–Crippen MR) is 117 cm³/mol. The molecule has 1 aliphatic rings. The summed E-state index contributed by atoms with van der Waals surface area (Å²) < 4.78 is 11.0. The van der Waals surface area contributed by atoms with E-state index in [2.05, 4.69) is 0 Å². The number of ether oxygens (including phenoxy) is 2. The number of fused-ring (bicyclic) bond motifs is 1. The molecule has 7 N–H and O–H groups in total. The number of rotatable bonds is 5. The van der Waals surface area contributed by atoms with Crippen LogP contribution < -0.4 is 9.47 Å². The molecule has 3 aromatic rings. The van der Waals surface area contributed by atoms with Crippen LogP contribution >= 0.6 is 0 Å². The number of benzene rings is 3. The minimum absolute atomic E-state index is 0.0584. The minimum Gasteiger partial charge on any atom is -0.508 e. The van der Waals surface area contributed by atoms with Crippen LogP contribution in [0.1, 0.15) is 34.0 Å². The van der Waals surface area contributed by atoms with Crippen LogP contribution in [0, 0.1) is 5.92 Å². The van der Waals surface area contributed by atoms with Gasteiger partial charge in [-0.05, 0) is 30.7 Å². The van der Waals surface area contributed by atoms with E-state index in [9.17, 15) is 40.5 Å². The van der Waals surface area contributed by atoms with Gasteiger partial charge in [-0.3, -0.25) is 4.79 Å². The van der Waals surface area contributed by atoms with Gasteiger partial charge in [-0.25, -0.2) is 0 Å². The molecule has 0 spiro atoms. The van der Waals surface area contributed by atoms with E-state index in [-0.39, 0.29) is 47.0 Å². The van der Waals surface area contributed by atoms with Crippen molar-refractivity contribution in [3.8, 4) is 51.7 Å². The molecule has 4 rings (SSSR count). The van der Waals surface area contributed by atoms with Gasteiger partial charge < -0.3 is 45.2 Å². The van der Waals surface area contributed by atoms with Crippen molar-refractivity contribution in [3.63, 3.8) is 0 Å². The van der Waals surface area contributed by atoms with Crippen molar-refractivity contribution in [1.29, 1.82) is 0 Å². The fraction of sp³-hybridized carbons (Fsp3) is 0.208. The van der Waals surface area contributed by atoms with E-state index in [1.54, 1.807) is 0 Å². The highest BCUT2D eigenvalue weighted by atomic mass is 16.5. The zero-order chi connectivity index (χ0) is 24.7. The molecule has 1 heterocycles. The molecule has 0 fully saturated rings. The van der Waals surface area contributed by atoms with Gasteiger partial charge in [0.25, 0.3) is 0 Å². The summed E-state index contributed by atoms with van der Waals surface area (Å²) in [6, 6.07) is 7.17. The lowest BCUT2D eigenvalue weighted by Gasteiger charge is -2.34. The highest BCUT2D eigenvalue weighted by Gasteiger charge is 2.36. The van der Waals surface area contributed by atoms with Crippen LogP contribution in [0.2, 0.25) is 0 Å². The smallest absolute Gasteiger partial charge is 0.200 e. The molecule has 34 heavy (non-hydrogen) atoms. The molecule has 10 nitrogen and oxygen atoms in total. The van der Waals surface area contributed by atoms with E-state index in [1.165, 1.54) is 31.4 Å². The van der Waals surface area contributed by atoms with Gasteiger partial charge in [0.1, 0.15) is 23.4 Å². The summed E-state index contributed by atoms with van der Waals surface area (Å²) in [5.74, 6) is -4.44. The summed E-state index contributed by atoms with van der Waals surface area (Å²) in [4.78, 5) is 13.1. The van der Waals surface area contributed by atoms with Gasteiger partial charge in [-0.15, -0.1) is 0 Å². The van der Waals surface area contributed by atoms with Crippen LogP contribution in [0.3, 0.4) is 0 Å². The van der Waals surface area contributed by atoms with Gasteiger partial charge in [-0.1, -0.05) is 0 Å². The third-order valence-electron chi connectivity index (χ3n) is 5.78. The quantitative estimate of drug-likeness (QED) is 0.216. The SMILES string of the molecule is COc1cc(C(=O)C[C@@H]2Cc3c(O)cc(O)cc3O[C@@H]2c2cc(O)c(O)c(O)c2)cc(O)c1O. The van der Waals surface area contributed by atoms with Crippen LogP contribution in [0.4, 0.5) is 0 Å². The summed E-state index contributed by atoms with van der Waals surface area (Å²) in [6.07, 6.45) is -0.968. The maximum atomic E-state index is 13.1. The molecule has 0 radical (unpaired) electrons. The predicted octanol–water partition coefficient (Wildman–Crippen LogP) is 3.20. The maximum Gasteiger partial charge on any atom is 0.200 e. The van der Waals surface area contributed by atoms with Crippen molar-refractivity contribution in [2.24, 2.45) is 5.92 Å². The second-order valence-electron chi connectivity index (χ2n) is 8.03. The van der Waals surface area contributed by atoms with Gasteiger partial charge in [-0.2, -0.15) is 0 Å². The standard InChI is InChI=1S/C24H22O10/c1-33-21-7-10(3-19(30)23(21)32)15(26)4-11-2-14-16(27)8-13(25)9-20(14)34-24(11)12-5-17(28)22(31)18(29)6-12/h3,5-9,11,24-25,27-32H,2,4H2,1H3/t11-,24-/m0/s1. The lowest BCUT2D eigenvalue weighted by atomic mass is 9.82. The zero-order valence-electron chi connectivity index (χ0n) is 17.9. The molecule has 0 saturated heterocycles. The average molecular weight is 470 g/mol. The highest BCUT2D eigenvalue weighted by molar-refractivity contribution is 5.97. The Balaban J connectivity index is 1.75. The Hall–Kier alpha value is -4.47. The molecular formula is C24H22O10. The Labute approximate surface area is 193 Å². The number of carbonyl (C=O) groups excluding carboxylic acids is 1. The summed E-state index contributed by atoms with van der Waals surface area (Å²) in [5, 5.41) is 69.6. The first-order chi connectivity index (χ1) is 16.1. The summed E-state index contributed by atoms with van der Waals surface area (Å²) >= 11 is 0. The summed E-state index contributed by atoms with van der Waals surface area (Å²) in [7, 11) is 1.27. The monoisotopic (exact) mass is 470 g/mol. The van der Waals surface area contributed by atoms with E-state index < -0.39 is 46.6 Å². The first-order valence-electron chi connectivity index (χ1n) is 10.2. The molecule has 0 amide bonds. The Morgan fingerprint density at radius 2 is 1.53 bits per heavy atom. The minimum atomic E-state index is -0.928. The second kappa shape index (κ2) is 8.47. The third kappa shape index (κ3) is 4.01. The van der Waals surface area contributed by atoms with Crippen LogP contribution in [0.25, 0.3) is 0 Å². The summed E-state index contributed by atoms with van der Waals surface area (Å²) in [6.45, 7) is 0. The number of hydrogen-bond donors (Lipinski definition) is 7. The van der Waals surface area contributed by atoms with Gasteiger partial charge in [0.05, 0.1) is 7.11 Å². The zero-order valence-corrected chi connectivity index (χ0v) is 17.9. The van der Waals surface area contributed by atoms with Crippen LogP contribution in [0.15, 0.2) is 36.4 Å². The fourth-order valence-electron chi connectivity index (χ4n) is 4.10. The number of ketones is 1. The largest absolute Gasteiger partial charge is 0.508 e. The van der Waals surface area contributed by atoms with E-state index in [1.807, 2.05) is 0 Å². The van der Waals surface area contributed by atoms with Crippen molar-refractivity contribution in [1.82, 2.24) is 0 Å². The Bertz CT molecular complexity index is 1260. The first kappa shape index (κ1) is 22.7. The van der Waals surface area contributed by atoms with Crippen molar-refractivity contribution >= 4 is 5.78 Å². The molecule has 178 valence electrons. The van der Waals surface area contributed by atoms with Gasteiger partial charge in [0.15, 0.2) is 34.5 Å². The molecular weight excluding hydrogens is 448 g/mol. The van der Waals surface area contributed by atoms with Crippen molar-refractivity contribution < 1.29 is 50.0 Å². The number of aromatic hydroxyl groups is 7.